The number of pyridine rings is 1. The predicted octanol–water partition coefficient (Wildman–Crippen LogP) is 2.40. The van der Waals surface area contributed by atoms with E-state index in [1.807, 2.05) is 18.2 Å². The molecular weight excluding hydrogens is 226 g/mol. The Labute approximate surface area is 107 Å². The average molecular weight is 243 g/mol. The van der Waals surface area contributed by atoms with Gasteiger partial charge < -0.3 is 15.7 Å². The third kappa shape index (κ3) is 2.43. The van der Waals surface area contributed by atoms with Crippen LogP contribution in [0.15, 0.2) is 42.7 Å². The minimum atomic E-state index is 0.254. The fourth-order valence-corrected chi connectivity index (χ4v) is 1.98. The number of phenols is 1. The van der Waals surface area contributed by atoms with Crippen molar-refractivity contribution in [1.29, 1.82) is 0 Å². The van der Waals surface area contributed by atoms with Crippen LogP contribution >= 0.6 is 0 Å². The second-order valence-corrected chi connectivity index (χ2v) is 3.97. The number of hydrogen-bond acceptors (Lipinski definition) is 4. The fraction of sp³-hybridized carbons (Fsp3) is 0.214. The maximum Gasteiger partial charge on any atom is 0.117 e. The Hall–Kier alpha value is -2.07. The van der Waals surface area contributed by atoms with Crippen LogP contribution < -0.4 is 10.6 Å². The fourth-order valence-electron chi connectivity index (χ4n) is 1.98. The molecule has 94 valence electrons. The average Bonchev–Trinajstić information content (AvgIpc) is 2.40. The second-order valence-electron chi connectivity index (χ2n) is 3.97. The molecule has 4 heteroatoms. The molecule has 0 aliphatic heterocycles. The van der Waals surface area contributed by atoms with Crippen molar-refractivity contribution < 1.29 is 5.11 Å². The molecule has 0 radical (unpaired) electrons. The summed E-state index contributed by atoms with van der Waals surface area (Å²) in [4.78, 5) is 6.23. The first kappa shape index (κ1) is 12.4. The van der Waals surface area contributed by atoms with E-state index in [1.54, 1.807) is 24.5 Å². The molecule has 0 amide bonds. The minimum absolute atomic E-state index is 0.254. The lowest BCUT2D eigenvalue weighted by atomic mass is 10.2. The topological polar surface area (TPSA) is 62.4 Å². The van der Waals surface area contributed by atoms with Gasteiger partial charge in [0.25, 0.3) is 0 Å². The van der Waals surface area contributed by atoms with Gasteiger partial charge >= 0.3 is 0 Å². The molecule has 2 rings (SSSR count). The molecule has 0 fully saturated rings. The largest absolute Gasteiger partial charge is 0.508 e. The molecule has 0 atom stereocenters. The summed E-state index contributed by atoms with van der Waals surface area (Å²) in [6.45, 7) is 3.30. The molecule has 2 aromatic rings. The lowest BCUT2D eigenvalue weighted by Gasteiger charge is -2.25. The van der Waals surface area contributed by atoms with Crippen molar-refractivity contribution in [2.45, 2.75) is 13.5 Å². The van der Waals surface area contributed by atoms with E-state index in [1.165, 1.54) is 0 Å². The SMILES string of the molecule is CCN(c1cccc(O)c1)c1cnccc1CN. The number of nitrogens with two attached hydrogens (primary N) is 1. The molecule has 0 unspecified atom stereocenters. The van der Waals surface area contributed by atoms with Crippen molar-refractivity contribution in [3.8, 4) is 5.75 Å². The summed E-state index contributed by atoms with van der Waals surface area (Å²) >= 11 is 0. The molecular formula is C14H17N3O. The molecule has 3 N–H and O–H groups in total. The minimum Gasteiger partial charge on any atom is -0.508 e. The third-order valence-corrected chi connectivity index (χ3v) is 2.86. The van der Waals surface area contributed by atoms with E-state index < -0.39 is 0 Å². The molecule has 0 saturated carbocycles. The lowest BCUT2D eigenvalue weighted by molar-refractivity contribution is 0.475. The zero-order valence-corrected chi connectivity index (χ0v) is 10.4. The van der Waals surface area contributed by atoms with Crippen LogP contribution in [-0.4, -0.2) is 16.6 Å². The van der Waals surface area contributed by atoms with Gasteiger partial charge in [0.15, 0.2) is 0 Å². The number of nitrogens with zero attached hydrogens (tertiary/aromatic N) is 2. The van der Waals surface area contributed by atoms with Crippen LogP contribution in [0, 0.1) is 0 Å². The Morgan fingerprint density at radius 2 is 2.17 bits per heavy atom. The monoisotopic (exact) mass is 243 g/mol. The Morgan fingerprint density at radius 1 is 1.33 bits per heavy atom. The highest BCUT2D eigenvalue weighted by molar-refractivity contribution is 5.66. The van der Waals surface area contributed by atoms with Gasteiger partial charge in [-0.25, -0.2) is 0 Å². The van der Waals surface area contributed by atoms with Crippen LogP contribution in [0.25, 0.3) is 0 Å². The van der Waals surface area contributed by atoms with Crippen LogP contribution in [0.1, 0.15) is 12.5 Å². The number of anilines is 2. The first-order valence-electron chi connectivity index (χ1n) is 5.95. The second kappa shape index (κ2) is 5.51. The van der Waals surface area contributed by atoms with Gasteiger partial charge in [0.1, 0.15) is 5.75 Å². The maximum absolute atomic E-state index is 9.56. The van der Waals surface area contributed by atoms with E-state index in [-0.39, 0.29) is 5.75 Å². The zero-order valence-electron chi connectivity index (χ0n) is 10.4. The van der Waals surface area contributed by atoms with Crippen molar-refractivity contribution >= 4 is 11.4 Å². The van der Waals surface area contributed by atoms with Crippen LogP contribution in [0.2, 0.25) is 0 Å². The van der Waals surface area contributed by atoms with Gasteiger partial charge in [-0.1, -0.05) is 6.07 Å². The van der Waals surface area contributed by atoms with Gasteiger partial charge in [-0.3, -0.25) is 4.98 Å². The highest BCUT2D eigenvalue weighted by atomic mass is 16.3. The van der Waals surface area contributed by atoms with Crippen LogP contribution in [0.4, 0.5) is 11.4 Å². The summed E-state index contributed by atoms with van der Waals surface area (Å²) in [5.74, 6) is 0.254. The van der Waals surface area contributed by atoms with Gasteiger partial charge in [-0.2, -0.15) is 0 Å². The molecule has 1 heterocycles. The van der Waals surface area contributed by atoms with Crippen LogP contribution in [0.3, 0.4) is 0 Å². The first-order valence-corrected chi connectivity index (χ1v) is 5.95. The van der Waals surface area contributed by atoms with E-state index in [0.717, 1.165) is 23.5 Å². The van der Waals surface area contributed by atoms with E-state index in [0.29, 0.717) is 6.54 Å². The number of aromatic nitrogens is 1. The molecule has 0 aliphatic carbocycles. The molecule has 0 bridgehead atoms. The number of rotatable bonds is 4. The lowest BCUT2D eigenvalue weighted by Crippen LogP contribution is -2.18. The third-order valence-electron chi connectivity index (χ3n) is 2.86. The Bertz CT molecular complexity index is 528. The van der Waals surface area contributed by atoms with Crippen molar-refractivity contribution in [3.63, 3.8) is 0 Å². The van der Waals surface area contributed by atoms with Gasteiger partial charge in [0.05, 0.1) is 11.9 Å². The Morgan fingerprint density at radius 3 is 2.83 bits per heavy atom. The van der Waals surface area contributed by atoms with E-state index in [4.69, 9.17) is 5.73 Å². The predicted molar refractivity (Wildman–Crippen MR) is 72.9 cm³/mol. The quantitative estimate of drug-likeness (QED) is 0.865. The van der Waals surface area contributed by atoms with E-state index in [2.05, 4.69) is 16.8 Å². The number of hydrogen-bond donors (Lipinski definition) is 2. The first-order chi connectivity index (χ1) is 8.76. The van der Waals surface area contributed by atoms with E-state index in [9.17, 15) is 5.11 Å². The summed E-state index contributed by atoms with van der Waals surface area (Å²) in [7, 11) is 0. The normalized spacial score (nSPS) is 10.3. The summed E-state index contributed by atoms with van der Waals surface area (Å²) in [6.07, 6.45) is 3.54. The van der Waals surface area contributed by atoms with Crippen LogP contribution in [-0.2, 0) is 6.54 Å². The van der Waals surface area contributed by atoms with Gasteiger partial charge in [-0.15, -0.1) is 0 Å². The van der Waals surface area contributed by atoms with Gasteiger partial charge in [-0.05, 0) is 30.7 Å². The number of phenolic OH excluding ortho intramolecular Hbond substituents is 1. The molecule has 1 aromatic heterocycles. The highest BCUT2D eigenvalue weighted by Crippen LogP contribution is 2.29. The van der Waals surface area contributed by atoms with Gasteiger partial charge in [0, 0.05) is 31.0 Å². The summed E-state index contributed by atoms with van der Waals surface area (Å²) in [5.41, 5.74) is 8.69. The van der Waals surface area contributed by atoms with Crippen molar-refractivity contribution in [2.24, 2.45) is 5.73 Å². The molecule has 4 nitrogen and oxygen atoms in total. The van der Waals surface area contributed by atoms with Crippen LogP contribution in [0.5, 0.6) is 5.75 Å². The van der Waals surface area contributed by atoms with Crippen molar-refractivity contribution in [1.82, 2.24) is 4.98 Å². The maximum atomic E-state index is 9.56. The van der Waals surface area contributed by atoms with Crippen molar-refractivity contribution in [2.75, 3.05) is 11.4 Å². The number of benzene rings is 1. The molecule has 0 spiro atoms. The zero-order chi connectivity index (χ0) is 13.0. The standard InChI is InChI=1S/C14H17N3O/c1-2-17(12-4-3-5-13(18)8-12)14-10-16-7-6-11(14)9-15/h3-8,10,18H,2,9,15H2,1H3. The number of aromatic hydroxyl groups is 1. The summed E-state index contributed by atoms with van der Waals surface area (Å²) in [5, 5.41) is 9.56. The smallest absolute Gasteiger partial charge is 0.117 e. The molecule has 1 aromatic carbocycles. The Balaban J connectivity index is 2.45. The highest BCUT2D eigenvalue weighted by Gasteiger charge is 2.11. The Kier molecular flexibility index (Phi) is 3.79. The molecule has 18 heavy (non-hydrogen) atoms. The summed E-state index contributed by atoms with van der Waals surface area (Å²) < 4.78 is 0. The van der Waals surface area contributed by atoms with Gasteiger partial charge in [0.2, 0.25) is 0 Å². The summed E-state index contributed by atoms with van der Waals surface area (Å²) in [6, 6.07) is 9.09. The molecule has 0 aliphatic rings. The van der Waals surface area contributed by atoms with E-state index >= 15 is 0 Å². The molecule has 0 saturated heterocycles. The van der Waals surface area contributed by atoms with Crippen molar-refractivity contribution in [3.05, 3.63) is 48.3 Å².